The number of esters is 1. The van der Waals surface area contributed by atoms with Crippen molar-refractivity contribution in [3.05, 3.63) is 29.8 Å². The minimum Gasteiger partial charge on any atom is -0.479 e. The SMILES string of the molecule is CCOC(=O)[C@H](C)Oc1ccc(C)cc1. The quantitative estimate of drug-likeness (QED) is 0.712. The van der Waals surface area contributed by atoms with Gasteiger partial charge in [0.2, 0.25) is 0 Å². The van der Waals surface area contributed by atoms with Gasteiger partial charge in [0.05, 0.1) is 6.61 Å². The van der Waals surface area contributed by atoms with E-state index >= 15 is 0 Å². The minimum absolute atomic E-state index is 0.335. The van der Waals surface area contributed by atoms with Crippen LogP contribution in [0.4, 0.5) is 0 Å². The largest absolute Gasteiger partial charge is 0.479 e. The summed E-state index contributed by atoms with van der Waals surface area (Å²) >= 11 is 0. The van der Waals surface area contributed by atoms with Crippen molar-refractivity contribution in [3.63, 3.8) is 0 Å². The first kappa shape index (κ1) is 11.6. The van der Waals surface area contributed by atoms with E-state index in [0.29, 0.717) is 12.4 Å². The Balaban J connectivity index is 2.54. The van der Waals surface area contributed by atoms with Crippen LogP contribution in [-0.2, 0) is 9.53 Å². The van der Waals surface area contributed by atoms with Gasteiger partial charge in [-0.1, -0.05) is 17.7 Å². The zero-order valence-corrected chi connectivity index (χ0v) is 9.32. The van der Waals surface area contributed by atoms with Gasteiger partial charge in [0.1, 0.15) is 5.75 Å². The molecule has 1 aromatic carbocycles. The average molecular weight is 208 g/mol. The highest BCUT2D eigenvalue weighted by molar-refractivity contribution is 5.74. The van der Waals surface area contributed by atoms with Crippen LogP contribution in [0, 0.1) is 6.92 Å². The Labute approximate surface area is 90.0 Å². The number of carbonyl (C=O) groups excluding carboxylic acids is 1. The van der Waals surface area contributed by atoms with E-state index in [4.69, 9.17) is 9.47 Å². The molecule has 0 aromatic heterocycles. The topological polar surface area (TPSA) is 35.5 Å². The number of hydrogen-bond acceptors (Lipinski definition) is 3. The molecule has 3 heteroatoms. The lowest BCUT2D eigenvalue weighted by Crippen LogP contribution is -2.25. The highest BCUT2D eigenvalue weighted by Crippen LogP contribution is 2.13. The van der Waals surface area contributed by atoms with Gasteiger partial charge in [-0.3, -0.25) is 0 Å². The predicted molar refractivity (Wildman–Crippen MR) is 57.9 cm³/mol. The predicted octanol–water partition coefficient (Wildman–Crippen LogP) is 2.33. The number of aryl methyl sites for hydroxylation is 1. The van der Waals surface area contributed by atoms with Gasteiger partial charge in [-0.05, 0) is 32.9 Å². The van der Waals surface area contributed by atoms with Crippen molar-refractivity contribution < 1.29 is 14.3 Å². The molecular weight excluding hydrogens is 192 g/mol. The molecule has 0 N–H and O–H groups in total. The highest BCUT2D eigenvalue weighted by atomic mass is 16.6. The van der Waals surface area contributed by atoms with Crippen molar-refractivity contribution in [3.8, 4) is 5.75 Å². The van der Waals surface area contributed by atoms with Gasteiger partial charge in [-0.25, -0.2) is 4.79 Å². The van der Waals surface area contributed by atoms with Crippen molar-refractivity contribution in [1.29, 1.82) is 0 Å². The Kier molecular flexibility index (Phi) is 4.16. The van der Waals surface area contributed by atoms with Crippen molar-refractivity contribution in [1.82, 2.24) is 0 Å². The molecule has 0 spiro atoms. The van der Waals surface area contributed by atoms with E-state index in [0.717, 1.165) is 5.56 Å². The molecule has 0 fully saturated rings. The van der Waals surface area contributed by atoms with Crippen LogP contribution < -0.4 is 4.74 Å². The second-order valence-corrected chi connectivity index (χ2v) is 3.33. The molecule has 0 aliphatic rings. The maximum Gasteiger partial charge on any atom is 0.347 e. The minimum atomic E-state index is -0.562. The number of benzene rings is 1. The summed E-state index contributed by atoms with van der Waals surface area (Å²) in [4.78, 5) is 11.3. The van der Waals surface area contributed by atoms with E-state index in [1.165, 1.54) is 0 Å². The molecule has 0 bridgehead atoms. The van der Waals surface area contributed by atoms with Gasteiger partial charge >= 0.3 is 5.97 Å². The molecule has 0 amide bonds. The van der Waals surface area contributed by atoms with Gasteiger partial charge in [0.15, 0.2) is 6.10 Å². The number of carbonyl (C=O) groups is 1. The Morgan fingerprint density at radius 2 is 1.93 bits per heavy atom. The monoisotopic (exact) mass is 208 g/mol. The fourth-order valence-corrected chi connectivity index (χ4v) is 1.13. The van der Waals surface area contributed by atoms with Crippen LogP contribution >= 0.6 is 0 Å². The van der Waals surface area contributed by atoms with Crippen LogP contribution in [0.1, 0.15) is 19.4 Å². The molecule has 0 unspecified atom stereocenters. The van der Waals surface area contributed by atoms with E-state index in [9.17, 15) is 4.79 Å². The molecule has 0 aliphatic carbocycles. The highest BCUT2D eigenvalue weighted by Gasteiger charge is 2.15. The van der Waals surface area contributed by atoms with Gasteiger partial charge in [-0.2, -0.15) is 0 Å². The van der Waals surface area contributed by atoms with Gasteiger partial charge in [0.25, 0.3) is 0 Å². The lowest BCUT2D eigenvalue weighted by atomic mass is 10.2. The van der Waals surface area contributed by atoms with Crippen molar-refractivity contribution in [2.45, 2.75) is 26.9 Å². The third kappa shape index (κ3) is 3.62. The average Bonchev–Trinajstić information content (AvgIpc) is 2.22. The van der Waals surface area contributed by atoms with Crippen molar-refractivity contribution in [2.24, 2.45) is 0 Å². The molecule has 82 valence electrons. The van der Waals surface area contributed by atoms with Crippen molar-refractivity contribution in [2.75, 3.05) is 6.61 Å². The molecule has 0 heterocycles. The van der Waals surface area contributed by atoms with E-state index in [2.05, 4.69) is 0 Å². The third-order valence-corrected chi connectivity index (χ3v) is 1.95. The first-order valence-electron chi connectivity index (χ1n) is 5.03. The first-order valence-corrected chi connectivity index (χ1v) is 5.03. The molecule has 15 heavy (non-hydrogen) atoms. The Morgan fingerprint density at radius 1 is 1.33 bits per heavy atom. The molecule has 0 saturated carbocycles. The molecule has 3 nitrogen and oxygen atoms in total. The summed E-state index contributed by atoms with van der Waals surface area (Å²) in [5.41, 5.74) is 1.16. The standard InChI is InChI=1S/C12H16O3/c1-4-14-12(13)10(3)15-11-7-5-9(2)6-8-11/h5-8,10H,4H2,1-3H3/t10-/m0/s1. The summed E-state index contributed by atoms with van der Waals surface area (Å²) < 4.78 is 10.2. The summed E-state index contributed by atoms with van der Waals surface area (Å²) in [5, 5.41) is 0. The van der Waals surface area contributed by atoms with Crippen molar-refractivity contribution >= 4 is 5.97 Å². The summed E-state index contributed by atoms with van der Waals surface area (Å²) in [7, 11) is 0. The van der Waals surface area contributed by atoms with Gasteiger partial charge in [-0.15, -0.1) is 0 Å². The Hall–Kier alpha value is -1.51. The zero-order chi connectivity index (χ0) is 11.3. The molecule has 1 rings (SSSR count). The van der Waals surface area contributed by atoms with E-state index < -0.39 is 6.10 Å². The fourth-order valence-electron chi connectivity index (χ4n) is 1.13. The lowest BCUT2D eigenvalue weighted by Gasteiger charge is -2.13. The van der Waals surface area contributed by atoms with E-state index in [1.54, 1.807) is 13.8 Å². The molecule has 1 atom stereocenters. The summed E-state index contributed by atoms with van der Waals surface area (Å²) in [5.74, 6) is 0.347. The van der Waals surface area contributed by atoms with Gasteiger partial charge < -0.3 is 9.47 Å². The number of rotatable bonds is 4. The normalized spacial score (nSPS) is 11.9. The van der Waals surface area contributed by atoms with Crippen LogP contribution in [0.2, 0.25) is 0 Å². The number of ether oxygens (including phenoxy) is 2. The number of hydrogen-bond donors (Lipinski definition) is 0. The zero-order valence-electron chi connectivity index (χ0n) is 9.32. The first-order chi connectivity index (χ1) is 7.13. The molecular formula is C12H16O3. The Bertz CT molecular complexity index is 316. The van der Waals surface area contributed by atoms with Gasteiger partial charge in [0, 0.05) is 0 Å². The second kappa shape index (κ2) is 5.39. The lowest BCUT2D eigenvalue weighted by molar-refractivity contribution is -0.150. The van der Waals surface area contributed by atoms with Crippen LogP contribution in [0.5, 0.6) is 5.75 Å². The van der Waals surface area contributed by atoms with Crippen LogP contribution in [0.15, 0.2) is 24.3 Å². The van der Waals surface area contributed by atoms with Crippen LogP contribution in [0.3, 0.4) is 0 Å². The summed E-state index contributed by atoms with van der Waals surface area (Å²) in [6.07, 6.45) is -0.562. The summed E-state index contributed by atoms with van der Waals surface area (Å²) in [6.45, 7) is 5.83. The fraction of sp³-hybridized carbons (Fsp3) is 0.417. The molecule has 0 saturated heterocycles. The molecule has 0 aliphatic heterocycles. The smallest absolute Gasteiger partial charge is 0.347 e. The molecule has 1 aromatic rings. The molecule has 0 radical (unpaired) electrons. The third-order valence-electron chi connectivity index (χ3n) is 1.95. The maximum atomic E-state index is 11.3. The van der Waals surface area contributed by atoms with Crippen LogP contribution in [-0.4, -0.2) is 18.7 Å². The second-order valence-electron chi connectivity index (χ2n) is 3.33. The van der Waals surface area contributed by atoms with E-state index in [-0.39, 0.29) is 5.97 Å². The van der Waals surface area contributed by atoms with Crippen LogP contribution in [0.25, 0.3) is 0 Å². The summed E-state index contributed by atoms with van der Waals surface area (Å²) in [6, 6.07) is 7.55. The Morgan fingerprint density at radius 3 is 2.47 bits per heavy atom. The maximum absolute atomic E-state index is 11.3. The van der Waals surface area contributed by atoms with E-state index in [1.807, 2.05) is 31.2 Å².